The molecule has 2 aliphatic rings. The molecule has 2 aromatic rings. The van der Waals surface area contributed by atoms with Crippen LogP contribution in [0.25, 0.3) is 0 Å². The van der Waals surface area contributed by atoms with Crippen LogP contribution in [0.15, 0.2) is 10.7 Å². The van der Waals surface area contributed by atoms with Crippen molar-refractivity contribution in [2.24, 2.45) is 0 Å². The molecule has 7 heteroatoms. The summed E-state index contributed by atoms with van der Waals surface area (Å²) >= 11 is 0. The highest BCUT2D eigenvalue weighted by atomic mass is 16.5. The van der Waals surface area contributed by atoms with Crippen molar-refractivity contribution in [3.8, 4) is 0 Å². The Morgan fingerprint density at radius 2 is 2.14 bits per heavy atom. The third-order valence-electron chi connectivity index (χ3n) is 5.92. The van der Waals surface area contributed by atoms with Gasteiger partial charge in [0.05, 0.1) is 5.69 Å². The highest BCUT2D eigenvalue weighted by Crippen LogP contribution is 2.28. The quantitative estimate of drug-likeness (QED) is 0.808. The molecule has 0 bridgehead atoms. The number of likely N-dealkylation sites (N-methyl/N-ethyl adjacent to an activating group) is 1. The van der Waals surface area contributed by atoms with Gasteiger partial charge in [-0.1, -0.05) is 19.0 Å². The van der Waals surface area contributed by atoms with E-state index in [1.165, 1.54) is 11.3 Å². The number of carbonyl (C=O) groups is 1. The lowest BCUT2D eigenvalue weighted by Crippen LogP contribution is -2.40. The van der Waals surface area contributed by atoms with E-state index in [1.54, 1.807) is 0 Å². The van der Waals surface area contributed by atoms with Gasteiger partial charge in [-0.25, -0.2) is 9.97 Å². The van der Waals surface area contributed by atoms with Gasteiger partial charge in [-0.2, -0.15) is 0 Å². The number of fused-ring (bicyclic) bond motifs is 1. The highest BCUT2D eigenvalue weighted by Gasteiger charge is 2.31. The Hall–Kier alpha value is -2.28. The molecule has 28 heavy (non-hydrogen) atoms. The van der Waals surface area contributed by atoms with E-state index >= 15 is 0 Å². The van der Waals surface area contributed by atoms with Gasteiger partial charge in [-0.3, -0.25) is 4.79 Å². The van der Waals surface area contributed by atoms with Crippen LogP contribution in [0.1, 0.15) is 71.5 Å². The van der Waals surface area contributed by atoms with Crippen LogP contribution in [-0.4, -0.2) is 57.5 Å². The number of aromatic nitrogens is 3. The lowest BCUT2D eigenvalue weighted by Gasteiger charge is -2.32. The van der Waals surface area contributed by atoms with Crippen molar-refractivity contribution in [3.63, 3.8) is 0 Å². The van der Waals surface area contributed by atoms with Crippen molar-refractivity contribution in [1.82, 2.24) is 24.9 Å². The minimum Gasteiger partial charge on any atom is -0.360 e. The molecular formula is C21H29N5O2. The van der Waals surface area contributed by atoms with Crippen molar-refractivity contribution in [1.29, 1.82) is 0 Å². The Morgan fingerprint density at radius 3 is 2.93 bits per heavy atom. The van der Waals surface area contributed by atoms with Crippen LogP contribution in [0.4, 0.5) is 0 Å². The van der Waals surface area contributed by atoms with Crippen molar-refractivity contribution >= 4 is 5.91 Å². The molecule has 0 N–H and O–H groups in total. The largest absolute Gasteiger partial charge is 0.360 e. The summed E-state index contributed by atoms with van der Waals surface area (Å²) in [6.07, 6.45) is 6.31. The van der Waals surface area contributed by atoms with E-state index in [0.29, 0.717) is 30.7 Å². The van der Waals surface area contributed by atoms with Gasteiger partial charge in [0.1, 0.15) is 17.1 Å². The average molecular weight is 383 g/mol. The minimum atomic E-state index is 0.0410. The Bertz CT molecular complexity index is 841. The second kappa shape index (κ2) is 7.99. The maximum atomic E-state index is 13.2. The third-order valence-corrected chi connectivity index (χ3v) is 5.92. The van der Waals surface area contributed by atoms with Gasteiger partial charge in [0.25, 0.3) is 5.91 Å². The Morgan fingerprint density at radius 1 is 1.29 bits per heavy atom. The molecule has 1 fully saturated rings. The topological polar surface area (TPSA) is 75.4 Å². The molecule has 0 aromatic carbocycles. The molecule has 1 unspecified atom stereocenters. The Labute approximate surface area is 166 Å². The first kappa shape index (κ1) is 19.1. The zero-order chi connectivity index (χ0) is 19.7. The summed E-state index contributed by atoms with van der Waals surface area (Å²) < 4.78 is 5.40. The van der Waals surface area contributed by atoms with Gasteiger partial charge in [-0.15, -0.1) is 0 Å². The van der Waals surface area contributed by atoms with E-state index in [-0.39, 0.29) is 11.8 Å². The molecule has 0 spiro atoms. The summed E-state index contributed by atoms with van der Waals surface area (Å²) in [7, 11) is 2.13. The fourth-order valence-corrected chi connectivity index (χ4v) is 4.29. The molecule has 0 radical (unpaired) electrons. The first-order valence-electron chi connectivity index (χ1n) is 10.4. The number of hydrogen-bond acceptors (Lipinski definition) is 6. The summed E-state index contributed by atoms with van der Waals surface area (Å²) in [6, 6.07) is 0. The molecule has 4 rings (SSSR count). The molecule has 7 nitrogen and oxygen atoms in total. The fraction of sp³-hybridized carbons (Fsp3) is 0.619. The van der Waals surface area contributed by atoms with Gasteiger partial charge in [-0.05, 0) is 26.3 Å². The van der Waals surface area contributed by atoms with E-state index in [4.69, 9.17) is 9.51 Å². The summed E-state index contributed by atoms with van der Waals surface area (Å²) in [4.78, 5) is 27.0. The van der Waals surface area contributed by atoms with Gasteiger partial charge >= 0.3 is 0 Å². The van der Waals surface area contributed by atoms with Gasteiger partial charge in [0.15, 0.2) is 0 Å². The minimum absolute atomic E-state index is 0.0410. The second-order valence-corrected chi connectivity index (χ2v) is 7.91. The van der Waals surface area contributed by atoms with E-state index < -0.39 is 0 Å². The first-order chi connectivity index (χ1) is 13.6. The summed E-state index contributed by atoms with van der Waals surface area (Å²) in [6.45, 7) is 7.38. The van der Waals surface area contributed by atoms with Crippen molar-refractivity contribution in [2.45, 2.75) is 58.4 Å². The molecule has 2 aliphatic heterocycles. The molecule has 0 aliphatic carbocycles. The number of aryl methyl sites for hydroxylation is 2. The SMILES string of the molecule is CCc1noc(CC)c1C(=O)N1CCCC(c2ncc3c(n2)CCN(C)C3)C1. The first-order valence-corrected chi connectivity index (χ1v) is 10.4. The maximum Gasteiger partial charge on any atom is 0.259 e. The number of amides is 1. The number of carbonyl (C=O) groups excluding carboxylic acids is 1. The van der Waals surface area contributed by atoms with E-state index in [2.05, 4.69) is 22.1 Å². The standard InChI is InChI=1S/C21H29N5O2/c1-4-16-19(18(5-2)28-24-16)21(27)26-9-6-7-14(13-26)20-22-11-15-12-25(3)10-8-17(15)23-20/h11,14H,4-10,12-13H2,1-3H3. The average Bonchev–Trinajstić information content (AvgIpc) is 3.16. The van der Waals surface area contributed by atoms with Crippen molar-refractivity contribution in [3.05, 3.63) is 40.3 Å². The molecule has 2 aromatic heterocycles. The van der Waals surface area contributed by atoms with Crippen molar-refractivity contribution < 1.29 is 9.32 Å². The van der Waals surface area contributed by atoms with Gasteiger partial charge in [0.2, 0.25) is 0 Å². The van der Waals surface area contributed by atoms with E-state index in [9.17, 15) is 4.79 Å². The molecule has 1 saturated heterocycles. The summed E-state index contributed by atoms with van der Waals surface area (Å²) in [5, 5.41) is 4.10. The Kier molecular flexibility index (Phi) is 5.44. The van der Waals surface area contributed by atoms with Crippen LogP contribution < -0.4 is 0 Å². The maximum absolute atomic E-state index is 13.2. The van der Waals surface area contributed by atoms with Gasteiger partial charge < -0.3 is 14.3 Å². The lowest BCUT2D eigenvalue weighted by atomic mass is 9.95. The van der Waals surface area contributed by atoms with Gasteiger partial charge in [0, 0.05) is 62.4 Å². The molecule has 1 atom stereocenters. The predicted octanol–water partition coefficient (Wildman–Crippen LogP) is 2.60. The summed E-state index contributed by atoms with van der Waals surface area (Å²) in [5.74, 6) is 1.81. The zero-order valence-electron chi connectivity index (χ0n) is 17.1. The molecule has 1 amide bonds. The van der Waals surface area contributed by atoms with E-state index in [0.717, 1.165) is 50.4 Å². The lowest BCUT2D eigenvalue weighted by molar-refractivity contribution is 0.0701. The second-order valence-electron chi connectivity index (χ2n) is 7.91. The number of rotatable bonds is 4. The number of likely N-dealkylation sites (tertiary alicyclic amines) is 1. The molecule has 4 heterocycles. The normalized spacial score (nSPS) is 20.2. The fourth-order valence-electron chi connectivity index (χ4n) is 4.29. The van der Waals surface area contributed by atoms with Crippen LogP contribution in [0.5, 0.6) is 0 Å². The van der Waals surface area contributed by atoms with E-state index in [1.807, 2.05) is 24.9 Å². The molecule has 0 saturated carbocycles. The predicted molar refractivity (Wildman–Crippen MR) is 105 cm³/mol. The van der Waals surface area contributed by atoms with Crippen molar-refractivity contribution in [2.75, 3.05) is 26.7 Å². The molecule has 150 valence electrons. The number of hydrogen-bond donors (Lipinski definition) is 0. The number of piperidine rings is 1. The zero-order valence-corrected chi connectivity index (χ0v) is 17.1. The highest BCUT2D eigenvalue weighted by molar-refractivity contribution is 5.96. The monoisotopic (exact) mass is 383 g/mol. The molecular weight excluding hydrogens is 354 g/mol. The smallest absolute Gasteiger partial charge is 0.259 e. The van der Waals surface area contributed by atoms with Crippen LogP contribution in [-0.2, 0) is 25.8 Å². The van der Waals surface area contributed by atoms with Crippen LogP contribution in [0, 0.1) is 0 Å². The number of nitrogens with zero attached hydrogens (tertiary/aromatic N) is 5. The van der Waals surface area contributed by atoms with Crippen LogP contribution >= 0.6 is 0 Å². The third kappa shape index (κ3) is 3.55. The van der Waals surface area contributed by atoms with Crippen LogP contribution in [0.3, 0.4) is 0 Å². The summed E-state index contributed by atoms with van der Waals surface area (Å²) in [5.41, 5.74) is 3.83. The van der Waals surface area contributed by atoms with Crippen LogP contribution in [0.2, 0.25) is 0 Å². The Balaban J connectivity index is 1.54.